The quantitative estimate of drug-likeness (QED) is 0.477. The highest BCUT2D eigenvalue weighted by atomic mass is 19.4. The molecular weight excluding hydrogens is 409 g/mol. The number of anilines is 3. The molecule has 0 radical (unpaired) electrons. The van der Waals surface area contributed by atoms with Crippen LogP contribution in [0.1, 0.15) is 18.1 Å². The monoisotopic (exact) mass is 432 g/mol. The van der Waals surface area contributed by atoms with Crippen LogP contribution in [0.2, 0.25) is 0 Å². The van der Waals surface area contributed by atoms with Gasteiger partial charge in [-0.15, -0.1) is 13.2 Å². The van der Waals surface area contributed by atoms with E-state index in [4.69, 9.17) is 0 Å². The van der Waals surface area contributed by atoms with Gasteiger partial charge in [-0.3, -0.25) is 0 Å². The summed E-state index contributed by atoms with van der Waals surface area (Å²) in [5.41, 5.74) is 3.72. The van der Waals surface area contributed by atoms with E-state index in [1.165, 1.54) is 18.2 Å². The van der Waals surface area contributed by atoms with Crippen molar-refractivity contribution in [3.05, 3.63) is 59.7 Å². The fourth-order valence-electron chi connectivity index (χ4n) is 2.98. The number of benzene rings is 2. The second-order valence-electron chi connectivity index (χ2n) is 7.16. The number of para-hydroxylation sites is 1. The van der Waals surface area contributed by atoms with Crippen molar-refractivity contribution in [1.29, 1.82) is 0 Å². The van der Waals surface area contributed by atoms with E-state index in [2.05, 4.69) is 25.3 Å². The number of nitrogens with one attached hydrogen (secondary N) is 2. The minimum atomic E-state index is -4.79. The van der Waals surface area contributed by atoms with Gasteiger partial charge in [-0.2, -0.15) is 4.98 Å². The Bertz CT molecular complexity index is 1040. The zero-order valence-corrected chi connectivity index (χ0v) is 17.3. The lowest BCUT2D eigenvalue weighted by atomic mass is 10.1. The number of hydrogen-bond donors (Lipinski definition) is 3. The van der Waals surface area contributed by atoms with Crippen LogP contribution in [-0.2, 0) is 0 Å². The van der Waals surface area contributed by atoms with Crippen LogP contribution in [0, 0.1) is 13.8 Å². The summed E-state index contributed by atoms with van der Waals surface area (Å²) in [4.78, 5) is 8.86. The number of ether oxygens (including phenoxy) is 1. The minimum absolute atomic E-state index is 0.137. The van der Waals surface area contributed by atoms with E-state index in [9.17, 15) is 18.3 Å². The Hall–Kier alpha value is -3.33. The molecular formula is C22H23F3N4O2. The van der Waals surface area contributed by atoms with Crippen LogP contribution in [0.15, 0.2) is 48.5 Å². The second-order valence-corrected chi connectivity index (χ2v) is 7.16. The number of nitrogens with zero attached hydrogens (tertiary/aromatic N) is 2. The third-order valence-corrected chi connectivity index (χ3v) is 4.47. The Morgan fingerprint density at radius 2 is 1.71 bits per heavy atom. The first kappa shape index (κ1) is 22.4. The van der Waals surface area contributed by atoms with Gasteiger partial charge in [0.25, 0.3) is 0 Å². The van der Waals surface area contributed by atoms with Crippen molar-refractivity contribution in [2.24, 2.45) is 0 Å². The van der Waals surface area contributed by atoms with Crippen LogP contribution in [0.4, 0.5) is 30.6 Å². The maximum atomic E-state index is 12.6. The van der Waals surface area contributed by atoms with E-state index in [1.807, 2.05) is 32.0 Å². The lowest BCUT2D eigenvalue weighted by molar-refractivity contribution is -0.274. The Kier molecular flexibility index (Phi) is 6.65. The first-order chi connectivity index (χ1) is 14.6. The molecule has 0 spiro atoms. The summed E-state index contributed by atoms with van der Waals surface area (Å²) in [5.74, 6) is 0.346. The first-order valence-electron chi connectivity index (χ1n) is 9.60. The number of aryl methyl sites for hydroxylation is 2. The molecule has 1 aromatic heterocycles. The van der Waals surface area contributed by atoms with E-state index in [-0.39, 0.29) is 24.3 Å². The molecule has 6 nitrogen and oxygen atoms in total. The molecule has 2 aromatic carbocycles. The normalized spacial score (nSPS) is 12.4. The molecule has 1 heterocycles. The van der Waals surface area contributed by atoms with Gasteiger partial charge in [-0.25, -0.2) is 4.98 Å². The fraction of sp³-hybridized carbons (Fsp3) is 0.273. The Balaban J connectivity index is 2.03. The Morgan fingerprint density at radius 3 is 2.35 bits per heavy atom. The van der Waals surface area contributed by atoms with Crippen molar-refractivity contribution in [3.63, 3.8) is 0 Å². The maximum Gasteiger partial charge on any atom is 0.573 e. The van der Waals surface area contributed by atoms with Crippen LogP contribution in [0.25, 0.3) is 11.3 Å². The predicted octanol–water partition coefficient (Wildman–Crippen LogP) is 5.20. The van der Waals surface area contributed by atoms with E-state index < -0.39 is 6.36 Å². The molecule has 0 amide bonds. The van der Waals surface area contributed by atoms with Crippen molar-refractivity contribution in [2.45, 2.75) is 33.2 Å². The number of aromatic nitrogens is 2. The molecule has 3 N–H and O–H groups in total. The van der Waals surface area contributed by atoms with Crippen LogP contribution in [-0.4, -0.2) is 34.1 Å². The van der Waals surface area contributed by atoms with Gasteiger partial charge in [0.1, 0.15) is 11.6 Å². The van der Waals surface area contributed by atoms with Gasteiger partial charge >= 0.3 is 6.36 Å². The number of halogens is 3. The highest BCUT2D eigenvalue weighted by molar-refractivity contribution is 5.70. The maximum absolute atomic E-state index is 12.6. The van der Waals surface area contributed by atoms with Crippen LogP contribution < -0.4 is 15.4 Å². The fourth-order valence-corrected chi connectivity index (χ4v) is 2.98. The number of aliphatic hydroxyl groups is 1. The standard InChI is InChI=1S/C22H23F3N4O2/c1-13-6-4-7-14(2)20(13)28-19-11-18(27-21(29-19)26-15(3)12-30)16-8-5-9-17(10-16)31-22(23,24)25/h4-11,15,30H,12H2,1-3H3,(H2,26,27,28,29)/t15-/m0/s1. The Labute approximate surface area is 178 Å². The van der Waals surface area contributed by atoms with Crippen LogP contribution >= 0.6 is 0 Å². The SMILES string of the molecule is Cc1cccc(C)c1Nc1cc(-c2cccc(OC(F)(F)F)c2)nc(N[C@@H](C)CO)n1. The average molecular weight is 432 g/mol. The van der Waals surface area contributed by atoms with E-state index in [0.29, 0.717) is 17.1 Å². The summed E-state index contributed by atoms with van der Waals surface area (Å²) in [5, 5.41) is 15.6. The molecule has 0 fully saturated rings. The van der Waals surface area contributed by atoms with Crippen molar-refractivity contribution >= 4 is 17.5 Å². The Morgan fingerprint density at radius 1 is 1.03 bits per heavy atom. The summed E-state index contributed by atoms with van der Waals surface area (Å²) in [6.07, 6.45) is -4.79. The van der Waals surface area contributed by atoms with Gasteiger partial charge < -0.3 is 20.5 Å². The summed E-state index contributed by atoms with van der Waals surface area (Å²) in [7, 11) is 0. The molecule has 0 unspecified atom stereocenters. The van der Waals surface area contributed by atoms with Crippen LogP contribution in [0.3, 0.4) is 0 Å². The van der Waals surface area contributed by atoms with Gasteiger partial charge in [-0.1, -0.05) is 30.3 Å². The minimum Gasteiger partial charge on any atom is -0.406 e. The topological polar surface area (TPSA) is 79.3 Å². The predicted molar refractivity (Wildman–Crippen MR) is 114 cm³/mol. The molecule has 9 heteroatoms. The molecule has 0 aliphatic carbocycles. The van der Waals surface area contributed by atoms with E-state index in [1.54, 1.807) is 19.1 Å². The molecule has 0 saturated heterocycles. The molecule has 3 rings (SSSR count). The summed E-state index contributed by atoms with van der Waals surface area (Å²) in [6.45, 7) is 5.54. The molecule has 0 aliphatic rings. The summed E-state index contributed by atoms with van der Waals surface area (Å²) < 4.78 is 41.9. The molecule has 0 saturated carbocycles. The first-order valence-corrected chi connectivity index (χ1v) is 9.60. The number of alkyl halides is 3. The van der Waals surface area contributed by atoms with Crippen molar-refractivity contribution < 1.29 is 23.0 Å². The summed E-state index contributed by atoms with van der Waals surface area (Å²) in [6, 6.07) is 12.8. The molecule has 0 aliphatic heterocycles. The number of hydrogen-bond acceptors (Lipinski definition) is 6. The molecule has 1 atom stereocenters. The van der Waals surface area contributed by atoms with E-state index in [0.717, 1.165) is 16.8 Å². The van der Waals surface area contributed by atoms with Gasteiger partial charge in [0.2, 0.25) is 5.95 Å². The lowest BCUT2D eigenvalue weighted by Gasteiger charge is -2.16. The van der Waals surface area contributed by atoms with Gasteiger partial charge in [0.15, 0.2) is 0 Å². The second kappa shape index (κ2) is 9.22. The zero-order chi connectivity index (χ0) is 22.6. The van der Waals surface area contributed by atoms with E-state index >= 15 is 0 Å². The average Bonchev–Trinajstić information content (AvgIpc) is 2.69. The zero-order valence-electron chi connectivity index (χ0n) is 17.3. The lowest BCUT2D eigenvalue weighted by Crippen LogP contribution is -2.21. The molecule has 164 valence electrons. The molecule has 31 heavy (non-hydrogen) atoms. The van der Waals surface area contributed by atoms with Gasteiger partial charge in [0.05, 0.1) is 12.3 Å². The number of aliphatic hydroxyl groups excluding tert-OH is 1. The van der Waals surface area contributed by atoms with Crippen molar-refractivity contribution in [2.75, 3.05) is 17.2 Å². The van der Waals surface area contributed by atoms with Crippen molar-refractivity contribution in [3.8, 4) is 17.0 Å². The van der Waals surface area contributed by atoms with Gasteiger partial charge in [-0.05, 0) is 44.0 Å². The van der Waals surface area contributed by atoms with Crippen LogP contribution in [0.5, 0.6) is 5.75 Å². The largest absolute Gasteiger partial charge is 0.573 e. The third-order valence-electron chi connectivity index (χ3n) is 4.47. The summed E-state index contributed by atoms with van der Waals surface area (Å²) >= 11 is 0. The molecule has 0 bridgehead atoms. The highest BCUT2D eigenvalue weighted by Gasteiger charge is 2.31. The van der Waals surface area contributed by atoms with Gasteiger partial charge in [0, 0.05) is 23.4 Å². The highest BCUT2D eigenvalue weighted by Crippen LogP contribution is 2.30. The number of rotatable bonds is 7. The van der Waals surface area contributed by atoms with Crippen molar-refractivity contribution in [1.82, 2.24) is 9.97 Å². The molecule has 3 aromatic rings. The third kappa shape index (κ3) is 6.08. The smallest absolute Gasteiger partial charge is 0.406 e.